The molecule has 0 bridgehead atoms. The minimum absolute atomic E-state index is 0.247. The number of halogens is 2. The first kappa shape index (κ1) is 16.3. The Morgan fingerprint density at radius 1 is 1.33 bits per heavy atom. The number of aromatic nitrogens is 2. The average molecular weight is 311 g/mol. The van der Waals surface area contributed by atoms with Crippen LogP contribution in [0.5, 0.6) is 0 Å². The number of imidazole rings is 1. The Morgan fingerprint density at radius 3 is 2.81 bits per heavy atom. The molecule has 0 aliphatic heterocycles. The molecule has 116 valence electrons. The Balaban J connectivity index is 2.35. The van der Waals surface area contributed by atoms with Gasteiger partial charge in [-0.15, -0.1) is 11.6 Å². The number of alkyl halides is 1. The molecular formula is C17H24ClFN2. The Kier molecular flexibility index (Phi) is 6.04. The highest BCUT2D eigenvalue weighted by Crippen LogP contribution is 2.23. The lowest BCUT2D eigenvalue weighted by Crippen LogP contribution is -2.13. The van der Waals surface area contributed by atoms with Crippen LogP contribution in [0.3, 0.4) is 0 Å². The van der Waals surface area contributed by atoms with Gasteiger partial charge in [-0.3, -0.25) is 0 Å². The largest absolute Gasteiger partial charge is 0.328 e. The topological polar surface area (TPSA) is 17.8 Å². The van der Waals surface area contributed by atoms with Crippen molar-refractivity contribution in [3.8, 4) is 0 Å². The van der Waals surface area contributed by atoms with Crippen LogP contribution >= 0.6 is 11.6 Å². The highest BCUT2D eigenvalue weighted by molar-refractivity contribution is 6.17. The summed E-state index contributed by atoms with van der Waals surface area (Å²) in [4.78, 5) is 4.47. The first-order chi connectivity index (χ1) is 10.2. The molecule has 0 fully saturated rings. The molecule has 1 atom stereocenters. The predicted molar refractivity (Wildman–Crippen MR) is 87.4 cm³/mol. The number of para-hydroxylation sites is 1. The minimum atomic E-state index is -0.247. The summed E-state index contributed by atoms with van der Waals surface area (Å²) < 4.78 is 16.1. The molecule has 0 aliphatic rings. The maximum Gasteiger partial charge on any atom is 0.151 e. The van der Waals surface area contributed by atoms with Gasteiger partial charge >= 0.3 is 0 Å². The van der Waals surface area contributed by atoms with E-state index in [1.807, 2.05) is 6.07 Å². The van der Waals surface area contributed by atoms with Gasteiger partial charge in [0, 0.05) is 18.8 Å². The molecule has 1 aromatic heterocycles. The third-order valence-electron chi connectivity index (χ3n) is 4.11. The van der Waals surface area contributed by atoms with Crippen LogP contribution in [0.15, 0.2) is 18.2 Å². The molecule has 2 aromatic rings. The number of benzene rings is 1. The Hall–Kier alpha value is -1.09. The van der Waals surface area contributed by atoms with Crippen molar-refractivity contribution in [3.05, 3.63) is 29.8 Å². The first-order valence-corrected chi connectivity index (χ1v) is 8.44. The first-order valence-electron chi connectivity index (χ1n) is 7.90. The lowest BCUT2D eigenvalue weighted by molar-refractivity contribution is 0.390. The van der Waals surface area contributed by atoms with Gasteiger partial charge in [0.25, 0.3) is 0 Å². The summed E-state index contributed by atoms with van der Waals surface area (Å²) >= 11 is 5.88. The Bertz CT molecular complexity index is 579. The third-order valence-corrected chi connectivity index (χ3v) is 4.30. The fourth-order valence-corrected chi connectivity index (χ4v) is 2.98. The maximum absolute atomic E-state index is 13.9. The van der Waals surface area contributed by atoms with Crippen LogP contribution in [0.1, 0.15) is 45.4 Å². The van der Waals surface area contributed by atoms with Crippen LogP contribution in [0, 0.1) is 11.7 Å². The van der Waals surface area contributed by atoms with Crippen molar-refractivity contribution in [2.75, 3.05) is 5.88 Å². The van der Waals surface area contributed by atoms with Crippen LogP contribution in [0.2, 0.25) is 0 Å². The van der Waals surface area contributed by atoms with E-state index in [0.717, 1.165) is 24.3 Å². The van der Waals surface area contributed by atoms with E-state index in [0.29, 0.717) is 23.7 Å². The van der Waals surface area contributed by atoms with E-state index < -0.39 is 0 Å². The van der Waals surface area contributed by atoms with E-state index in [1.165, 1.54) is 25.3 Å². The van der Waals surface area contributed by atoms with E-state index in [1.54, 1.807) is 6.07 Å². The average Bonchev–Trinajstić information content (AvgIpc) is 2.83. The molecule has 2 nitrogen and oxygen atoms in total. The smallest absolute Gasteiger partial charge is 0.151 e. The standard InChI is InChI=1S/C17H24ClFN2/c1-3-5-7-13(4-2)12-21-15-9-6-8-14(19)17(15)20-16(21)10-11-18/h6,8-9,13H,3-5,7,10-12H2,1-2H3. The lowest BCUT2D eigenvalue weighted by Gasteiger charge is -2.17. The summed E-state index contributed by atoms with van der Waals surface area (Å²) in [6.45, 7) is 5.34. The van der Waals surface area contributed by atoms with Gasteiger partial charge in [-0.1, -0.05) is 39.2 Å². The van der Waals surface area contributed by atoms with Gasteiger partial charge in [0.15, 0.2) is 5.82 Å². The molecule has 0 saturated heterocycles. The number of hydrogen-bond acceptors (Lipinski definition) is 1. The van der Waals surface area contributed by atoms with Gasteiger partial charge in [0.2, 0.25) is 0 Å². The fraction of sp³-hybridized carbons (Fsp3) is 0.588. The Labute approximate surface area is 131 Å². The van der Waals surface area contributed by atoms with E-state index in [2.05, 4.69) is 23.4 Å². The van der Waals surface area contributed by atoms with Crippen molar-refractivity contribution in [3.63, 3.8) is 0 Å². The molecule has 1 unspecified atom stereocenters. The molecule has 0 aliphatic carbocycles. The zero-order chi connectivity index (χ0) is 15.2. The van der Waals surface area contributed by atoms with Crippen molar-refractivity contribution >= 4 is 22.6 Å². The van der Waals surface area contributed by atoms with Crippen molar-refractivity contribution < 1.29 is 4.39 Å². The van der Waals surface area contributed by atoms with Crippen molar-refractivity contribution in [2.45, 2.75) is 52.5 Å². The second kappa shape index (κ2) is 7.79. The molecule has 2 rings (SSSR count). The number of aryl methyl sites for hydroxylation is 1. The summed E-state index contributed by atoms with van der Waals surface area (Å²) in [5, 5.41) is 0. The molecule has 1 heterocycles. The van der Waals surface area contributed by atoms with Crippen LogP contribution in [-0.4, -0.2) is 15.4 Å². The van der Waals surface area contributed by atoms with Gasteiger partial charge in [-0.25, -0.2) is 9.37 Å². The summed E-state index contributed by atoms with van der Waals surface area (Å²) in [6, 6.07) is 5.18. The zero-order valence-electron chi connectivity index (χ0n) is 12.9. The molecule has 4 heteroatoms. The van der Waals surface area contributed by atoms with Crippen molar-refractivity contribution in [2.24, 2.45) is 5.92 Å². The van der Waals surface area contributed by atoms with Gasteiger partial charge in [0.05, 0.1) is 5.52 Å². The second-order valence-corrected chi connectivity index (χ2v) is 5.98. The van der Waals surface area contributed by atoms with Crippen LogP contribution in [-0.2, 0) is 13.0 Å². The molecular weight excluding hydrogens is 287 g/mol. The normalized spacial score (nSPS) is 13.0. The van der Waals surface area contributed by atoms with Gasteiger partial charge < -0.3 is 4.57 Å². The number of unbranched alkanes of at least 4 members (excludes halogenated alkanes) is 1. The quantitative estimate of drug-likeness (QED) is 0.615. The molecule has 0 radical (unpaired) electrons. The van der Waals surface area contributed by atoms with E-state index in [4.69, 9.17) is 11.6 Å². The van der Waals surface area contributed by atoms with Crippen LogP contribution in [0.4, 0.5) is 4.39 Å². The molecule has 0 spiro atoms. The number of nitrogens with zero attached hydrogens (tertiary/aromatic N) is 2. The zero-order valence-corrected chi connectivity index (χ0v) is 13.7. The molecule has 21 heavy (non-hydrogen) atoms. The third kappa shape index (κ3) is 3.76. The summed E-state index contributed by atoms with van der Waals surface area (Å²) in [5.74, 6) is 1.78. The van der Waals surface area contributed by atoms with Gasteiger partial charge in [-0.05, 0) is 24.5 Å². The monoisotopic (exact) mass is 310 g/mol. The van der Waals surface area contributed by atoms with Crippen LogP contribution in [0.25, 0.3) is 11.0 Å². The predicted octanol–water partition coefficient (Wildman–Crippen LogP) is 5.17. The molecule has 0 amide bonds. The summed E-state index contributed by atoms with van der Waals surface area (Å²) in [6.07, 6.45) is 5.48. The highest BCUT2D eigenvalue weighted by atomic mass is 35.5. The van der Waals surface area contributed by atoms with E-state index in [-0.39, 0.29) is 5.82 Å². The van der Waals surface area contributed by atoms with Crippen molar-refractivity contribution in [1.29, 1.82) is 0 Å². The molecule has 0 saturated carbocycles. The van der Waals surface area contributed by atoms with E-state index in [9.17, 15) is 4.39 Å². The lowest BCUT2D eigenvalue weighted by atomic mass is 9.99. The SMILES string of the molecule is CCCCC(CC)Cn1c(CCCl)nc2c(F)cccc21. The van der Waals surface area contributed by atoms with Crippen LogP contribution < -0.4 is 0 Å². The maximum atomic E-state index is 13.9. The summed E-state index contributed by atoms with van der Waals surface area (Å²) in [5.41, 5.74) is 1.37. The van der Waals surface area contributed by atoms with Crippen molar-refractivity contribution in [1.82, 2.24) is 9.55 Å². The number of fused-ring (bicyclic) bond motifs is 1. The summed E-state index contributed by atoms with van der Waals surface area (Å²) in [7, 11) is 0. The van der Waals surface area contributed by atoms with E-state index >= 15 is 0 Å². The van der Waals surface area contributed by atoms with Gasteiger partial charge in [-0.2, -0.15) is 0 Å². The minimum Gasteiger partial charge on any atom is -0.328 e. The fourth-order valence-electron chi connectivity index (χ4n) is 2.82. The number of hydrogen-bond donors (Lipinski definition) is 0. The number of rotatable bonds is 8. The Morgan fingerprint density at radius 2 is 2.14 bits per heavy atom. The molecule has 0 N–H and O–H groups in total. The van der Waals surface area contributed by atoms with Gasteiger partial charge in [0.1, 0.15) is 11.3 Å². The molecule has 1 aromatic carbocycles. The second-order valence-electron chi connectivity index (χ2n) is 5.60. The highest BCUT2D eigenvalue weighted by Gasteiger charge is 2.16.